The highest BCUT2D eigenvalue weighted by Crippen LogP contribution is 2.20. The molecule has 0 amide bonds. The summed E-state index contributed by atoms with van der Waals surface area (Å²) in [5.74, 6) is 1.15. The van der Waals surface area contributed by atoms with Gasteiger partial charge in [0.05, 0.1) is 0 Å². The molecule has 0 fully saturated rings. The third-order valence-electron chi connectivity index (χ3n) is 2.60. The predicted octanol–water partition coefficient (Wildman–Crippen LogP) is 3.61. The second kappa shape index (κ2) is 6.09. The summed E-state index contributed by atoms with van der Waals surface area (Å²) in [5.41, 5.74) is 0. The fourth-order valence-corrected chi connectivity index (χ4v) is 1.58. The first-order valence-electron chi connectivity index (χ1n) is 5.76. The molecule has 0 aromatic carbocycles. The van der Waals surface area contributed by atoms with Crippen LogP contribution in [0.15, 0.2) is 4.42 Å². The van der Waals surface area contributed by atoms with E-state index in [2.05, 4.69) is 36.3 Å². The minimum absolute atomic E-state index is 0.243. The summed E-state index contributed by atoms with van der Waals surface area (Å²) >= 11 is 5.84. The molecule has 1 heterocycles. The van der Waals surface area contributed by atoms with E-state index >= 15 is 0 Å². The lowest BCUT2D eigenvalue weighted by Crippen LogP contribution is -2.18. The molecular weight excluding hydrogens is 226 g/mol. The highest BCUT2D eigenvalue weighted by Gasteiger charge is 2.13. The Hall–Kier alpha value is -0.770. The Kier molecular flexibility index (Phi) is 5.06. The second-order valence-electron chi connectivity index (χ2n) is 4.36. The van der Waals surface area contributed by atoms with Crippen LogP contribution < -0.4 is 5.32 Å². The van der Waals surface area contributed by atoms with E-state index in [4.69, 9.17) is 16.0 Å². The summed E-state index contributed by atoms with van der Waals surface area (Å²) in [6.45, 7) is 8.34. The van der Waals surface area contributed by atoms with Crippen LogP contribution in [0.1, 0.15) is 51.8 Å². The molecule has 0 aliphatic heterocycles. The Morgan fingerprint density at radius 3 is 2.50 bits per heavy atom. The van der Waals surface area contributed by atoms with E-state index in [0.29, 0.717) is 23.9 Å². The molecule has 0 aliphatic carbocycles. The normalized spacial score (nSPS) is 16.8. The van der Waals surface area contributed by atoms with Gasteiger partial charge in [0.15, 0.2) is 0 Å². The van der Waals surface area contributed by atoms with Crippen LogP contribution in [-0.2, 0) is 0 Å². The van der Waals surface area contributed by atoms with Crippen molar-refractivity contribution in [3.63, 3.8) is 0 Å². The van der Waals surface area contributed by atoms with Gasteiger partial charge in [0, 0.05) is 6.04 Å². The van der Waals surface area contributed by atoms with Crippen LogP contribution in [0.25, 0.3) is 0 Å². The molecule has 4 nitrogen and oxygen atoms in total. The molecule has 0 aliphatic rings. The van der Waals surface area contributed by atoms with Crippen molar-refractivity contribution >= 4 is 17.6 Å². The van der Waals surface area contributed by atoms with Gasteiger partial charge in [-0.15, -0.1) is 16.7 Å². The van der Waals surface area contributed by atoms with Crippen LogP contribution in [0, 0.1) is 5.92 Å². The van der Waals surface area contributed by atoms with Gasteiger partial charge in [-0.1, -0.05) is 25.4 Å². The zero-order valence-electron chi connectivity index (χ0n) is 10.3. The largest absolute Gasteiger partial charge is 0.406 e. The lowest BCUT2D eigenvalue weighted by Gasteiger charge is -2.15. The van der Waals surface area contributed by atoms with E-state index in [1.165, 1.54) is 6.42 Å². The van der Waals surface area contributed by atoms with Crippen molar-refractivity contribution in [2.24, 2.45) is 5.92 Å². The summed E-state index contributed by atoms with van der Waals surface area (Å²) in [6.07, 6.45) is 2.27. The van der Waals surface area contributed by atoms with Crippen LogP contribution in [0.3, 0.4) is 0 Å². The maximum absolute atomic E-state index is 5.84. The average Bonchev–Trinajstić information content (AvgIpc) is 2.65. The number of aromatic nitrogens is 2. The SMILES string of the molecule is CCC(C)CC(C)Nc1nnc(C(C)Cl)o1. The third-order valence-corrected chi connectivity index (χ3v) is 2.79. The Labute approximate surface area is 102 Å². The molecule has 1 aromatic rings. The molecule has 0 saturated carbocycles. The van der Waals surface area contributed by atoms with Crippen LogP contribution in [0.4, 0.5) is 6.01 Å². The number of alkyl halides is 1. The Morgan fingerprint density at radius 2 is 2.00 bits per heavy atom. The van der Waals surface area contributed by atoms with Crippen molar-refractivity contribution < 1.29 is 4.42 Å². The van der Waals surface area contributed by atoms with Crippen molar-refractivity contribution in [3.05, 3.63) is 5.89 Å². The van der Waals surface area contributed by atoms with E-state index in [9.17, 15) is 0 Å². The summed E-state index contributed by atoms with van der Waals surface area (Å²) in [6, 6.07) is 0.784. The molecule has 16 heavy (non-hydrogen) atoms. The lowest BCUT2D eigenvalue weighted by molar-refractivity contribution is 0.462. The van der Waals surface area contributed by atoms with Gasteiger partial charge in [-0.25, -0.2) is 0 Å². The van der Waals surface area contributed by atoms with Gasteiger partial charge in [-0.2, -0.15) is 0 Å². The number of anilines is 1. The summed E-state index contributed by atoms with van der Waals surface area (Å²) < 4.78 is 5.37. The van der Waals surface area contributed by atoms with Gasteiger partial charge in [0.25, 0.3) is 0 Å². The maximum atomic E-state index is 5.84. The predicted molar refractivity (Wildman–Crippen MR) is 65.7 cm³/mol. The van der Waals surface area contributed by atoms with Gasteiger partial charge in [0.1, 0.15) is 5.38 Å². The van der Waals surface area contributed by atoms with Gasteiger partial charge in [0.2, 0.25) is 5.89 Å². The van der Waals surface area contributed by atoms with Gasteiger partial charge in [-0.05, 0) is 26.2 Å². The molecule has 5 heteroatoms. The van der Waals surface area contributed by atoms with Crippen LogP contribution >= 0.6 is 11.6 Å². The zero-order valence-corrected chi connectivity index (χ0v) is 11.1. The monoisotopic (exact) mass is 245 g/mol. The number of hydrogen-bond donors (Lipinski definition) is 1. The first kappa shape index (κ1) is 13.3. The molecule has 0 saturated heterocycles. The summed E-state index contributed by atoms with van der Waals surface area (Å²) in [4.78, 5) is 0. The minimum atomic E-state index is -0.243. The average molecular weight is 246 g/mol. The van der Waals surface area contributed by atoms with Crippen molar-refractivity contribution in [2.75, 3.05) is 5.32 Å². The highest BCUT2D eigenvalue weighted by atomic mass is 35.5. The van der Waals surface area contributed by atoms with E-state index in [-0.39, 0.29) is 5.38 Å². The van der Waals surface area contributed by atoms with Crippen LogP contribution in [0.2, 0.25) is 0 Å². The fourth-order valence-electron chi connectivity index (χ4n) is 1.49. The lowest BCUT2D eigenvalue weighted by atomic mass is 10.0. The van der Waals surface area contributed by atoms with E-state index < -0.39 is 0 Å². The fraction of sp³-hybridized carbons (Fsp3) is 0.818. The Morgan fingerprint density at radius 1 is 1.31 bits per heavy atom. The molecule has 1 N–H and O–H groups in total. The smallest absolute Gasteiger partial charge is 0.315 e. The molecule has 3 unspecified atom stereocenters. The molecular formula is C11H20ClN3O. The molecule has 92 valence electrons. The first-order chi connectivity index (χ1) is 7.52. The standard InChI is InChI=1S/C11H20ClN3O/c1-5-7(2)6-8(3)13-11-15-14-10(16-11)9(4)12/h7-9H,5-6H2,1-4H3,(H,13,15). The quantitative estimate of drug-likeness (QED) is 0.778. The number of nitrogens with zero attached hydrogens (tertiary/aromatic N) is 2. The third kappa shape index (κ3) is 4.00. The van der Waals surface area contributed by atoms with Crippen LogP contribution in [0.5, 0.6) is 0 Å². The summed E-state index contributed by atoms with van der Waals surface area (Å²) in [5, 5.41) is 10.7. The van der Waals surface area contributed by atoms with Crippen molar-refractivity contribution in [3.8, 4) is 0 Å². The van der Waals surface area contributed by atoms with Gasteiger partial charge in [-0.3, -0.25) is 0 Å². The van der Waals surface area contributed by atoms with Gasteiger partial charge >= 0.3 is 6.01 Å². The number of rotatable bonds is 6. The molecule has 1 rings (SSSR count). The van der Waals surface area contributed by atoms with Crippen molar-refractivity contribution in [2.45, 2.75) is 52.0 Å². The molecule has 3 atom stereocenters. The summed E-state index contributed by atoms with van der Waals surface area (Å²) in [7, 11) is 0. The van der Waals surface area contributed by atoms with E-state index in [1.807, 2.05) is 0 Å². The van der Waals surface area contributed by atoms with Crippen LogP contribution in [-0.4, -0.2) is 16.2 Å². The molecule has 0 spiro atoms. The first-order valence-corrected chi connectivity index (χ1v) is 6.20. The second-order valence-corrected chi connectivity index (χ2v) is 5.01. The van der Waals surface area contributed by atoms with Crippen molar-refractivity contribution in [1.29, 1.82) is 0 Å². The number of hydrogen-bond acceptors (Lipinski definition) is 4. The van der Waals surface area contributed by atoms with E-state index in [0.717, 1.165) is 6.42 Å². The highest BCUT2D eigenvalue weighted by molar-refractivity contribution is 6.20. The molecule has 1 aromatic heterocycles. The van der Waals surface area contributed by atoms with Gasteiger partial charge < -0.3 is 9.73 Å². The minimum Gasteiger partial charge on any atom is -0.406 e. The van der Waals surface area contributed by atoms with E-state index in [1.54, 1.807) is 6.92 Å². The maximum Gasteiger partial charge on any atom is 0.315 e. The number of halogens is 1. The topological polar surface area (TPSA) is 51.0 Å². The Bertz CT molecular complexity index is 314. The molecule has 0 bridgehead atoms. The Balaban J connectivity index is 2.46. The van der Waals surface area contributed by atoms with Crippen molar-refractivity contribution in [1.82, 2.24) is 10.2 Å². The zero-order chi connectivity index (χ0) is 12.1. The molecule has 0 radical (unpaired) electrons. The number of nitrogens with one attached hydrogen (secondary N) is 1.